The number of hydrogen-bond acceptors (Lipinski definition) is 3. The zero-order valence-corrected chi connectivity index (χ0v) is 20.8. The van der Waals surface area contributed by atoms with Gasteiger partial charge in [-0.2, -0.15) is 31.5 Å². The highest BCUT2D eigenvalue weighted by Crippen LogP contribution is 2.35. The molecule has 0 unspecified atom stereocenters. The second kappa shape index (κ2) is 10.7. The van der Waals surface area contributed by atoms with E-state index in [1.807, 2.05) is 58.5 Å². The summed E-state index contributed by atoms with van der Waals surface area (Å²) in [5, 5.41) is 3.37. The summed E-state index contributed by atoms with van der Waals surface area (Å²) in [4.78, 5) is 1.92. The molecule has 2 rings (SSSR count). The molecular weight excluding hydrogens is 449 g/mol. The van der Waals surface area contributed by atoms with Crippen molar-refractivity contribution in [3.63, 3.8) is 0 Å². The fourth-order valence-corrected chi connectivity index (χ4v) is 5.06. The third kappa shape index (κ3) is 7.06. The van der Waals surface area contributed by atoms with E-state index in [2.05, 4.69) is 5.10 Å². The number of halogens is 3. The van der Waals surface area contributed by atoms with E-state index in [-0.39, 0.29) is 29.1 Å². The zero-order valence-electron chi connectivity index (χ0n) is 20.0. The van der Waals surface area contributed by atoms with Crippen LogP contribution in [0.5, 0.6) is 0 Å². The first-order valence-corrected chi connectivity index (χ1v) is 12.6. The van der Waals surface area contributed by atoms with E-state index in [4.69, 9.17) is 0 Å². The lowest BCUT2D eigenvalue weighted by Gasteiger charge is -2.22. The van der Waals surface area contributed by atoms with Gasteiger partial charge in [0.1, 0.15) is 5.71 Å². The van der Waals surface area contributed by atoms with Gasteiger partial charge in [-0.3, -0.25) is 0 Å². The third-order valence-electron chi connectivity index (χ3n) is 5.47. The standard InChI is InChI=1S/C25H33F3N2O2S/c1-16(2)20-14-21(17(3)4)24(22(15-20)18(5)6)33(31,32)30-29-23(25(26,27)28)13-12-19-10-8-7-9-11-19/h7-11,14-18,30H,12-13H2,1-6H3/b29-23-. The van der Waals surface area contributed by atoms with Crippen molar-refractivity contribution in [3.05, 3.63) is 64.7 Å². The summed E-state index contributed by atoms with van der Waals surface area (Å²) < 4.78 is 67.3. The van der Waals surface area contributed by atoms with Crippen LogP contribution in [0.25, 0.3) is 0 Å². The van der Waals surface area contributed by atoms with Gasteiger partial charge in [-0.05, 0) is 46.4 Å². The van der Waals surface area contributed by atoms with E-state index in [1.165, 1.54) is 0 Å². The lowest BCUT2D eigenvalue weighted by Crippen LogP contribution is -2.30. The Morgan fingerprint density at radius 2 is 1.42 bits per heavy atom. The third-order valence-corrected chi connectivity index (χ3v) is 6.81. The molecule has 0 spiro atoms. The molecule has 182 valence electrons. The number of nitrogens with one attached hydrogen (secondary N) is 1. The summed E-state index contributed by atoms with van der Waals surface area (Å²) >= 11 is 0. The highest BCUT2D eigenvalue weighted by atomic mass is 32.2. The van der Waals surface area contributed by atoms with Crippen LogP contribution < -0.4 is 4.83 Å². The molecule has 0 fully saturated rings. The van der Waals surface area contributed by atoms with Gasteiger partial charge in [0.25, 0.3) is 10.0 Å². The SMILES string of the molecule is CC(C)c1cc(C(C)C)c(S(=O)(=O)N/N=C(/CCc2ccccc2)C(F)(F)F)c(C(C)C)c1. The molecule has 0 amide bonds. The molecular formula is C25H33F3N2O2S. The van der Waals surface area contributed by atoms with Crippen molar-refractivity contribution < 1.29 is 21.6 Å². The first-order valence-electron chi connectivity index (χ1n) is 11.1. The monoisotopic (exact) mass is 482 g/mol. The van der Waals surface area contributed by atoms with Gasteiger partial charge >= 0.3 is 6.18 Å². The number of rotatable bonds is 9. The van der Waals surface area contributed by atoms with Gasteiger partial charge in [-0.15, -0.1) is 0 Å². The molecule has 33 heavy (non-hydrogen) atoms. The number of hydrazone groups is 1. The molecule has 0 aliphatic heterocycles. The fraction of sp³-hybridized carbons (Fsp3) is 0.480. The van der Waals surface area contributed by atoms with Crippen LogP contribution in [-0.4, -0.2) is 20.3 Å². The van der Waals surface area contributed by atoms with E-state index in [0.717, 1.165) is 5.56 Å². The maximum Gasteiger partial charge on any atom is 0.431 e. The molecule has 8 heteroatoms. The molecule has 2 aromatic rings. The van der Waals surface area contributed by atoms with Crippen molar-refractivity contribution in [3.8, 4) is 0 Å². The number of benzene rings is 2. The topological polar surface area (TPSA) is 58.5 Å². The number of nitrogens with zero attached hydrogens (tertiary/aromatic N) is 1. The van der Waals surface area contributed by atoms with Crippen molar-refractivity contribution in [1.29, 1.82) is 0 Å². The van der Waals surface area contributed by atoms with Crippen LogP contribution in [0.1, 0.15) is 88.0 Å². The minimum absolute atomic E-state index is 0.0187. The second-order valence-electron chi connectivity index (χ2n) is 9.13. The van der Waals surface area contributed by atoms with Gasteiger partial charge in [-0.25, -0.2) is 0 Å². The van der Waals surface area contributed by atoms with Crippen molar-refractivity contribution in [2.24, 2.45) is 5.10 Å². The quantitative estimate of drug-likeness (QED) is 0.313. The van der Waals surface area contributed by atoms with Gasteiger partial charge in [0.05, 0.1) is 4.90 Å². The summed E-state index contributed by atoms with van der Waals surface area (Å²) in [6.07, 6.45) is -5.09. The number of alkyl halides is 3. The van der Waals surface area contributed by atoms with Gasteiger partial charge in [0, 0.05) is 6.42 Å². The minimum atomic E-state index is -4.75. The Labute approximate surface area is 195 Å². The first kappa shape index (κ1) is 26.9. The van der Waals surface area contributed by atoms with E-state index >= 15 is 0 Å². The molecule has 2 aromatic carbocycles. The van der Waals surface area contributed by atoms with Gasteiger partial charge in [0.2, 0.25) is 0 Å². The minimum Gasteiger partial charge on any atom is -0.200 e. The van der Waals surface area contributed by atoms with Crippen LogP contribution in [0.3, 0.4) is 0 Å². The van der Waals surface area contributed by atoms with Gasteiger partial charge in [-0.1, -0.05) is 84.0 Å². The lowest BCUT2D eigenvalue weighted by molar-refractivity contribution is -0.0607. The summed E-state index contributed by atoms with van der Waals surface area (Å²) in [5.74, 6) is -0.105. The predicted octanol–water partition coefficient (Wildman–Crippen LogP) is 6.89. The van der Waals surface area contributed by atoms with Crippen molar-refractivity contribution in [2.75, 3.05) is 0 Å². The maximum atomic E-state index is 13.6. The Morgan fingerprint density at radius 1 is 0.909 bits per heavy atom. The summed E-state index contributed by atoms with van der Waals surface area (Å²) in [6, 6.07) is 12.4. The van der Waals surface area contributed by atoms with Crippen LogP contribution in [-0.2, 0) is 16.4 Å². The number of sulfonamides is 1. The number of aryl methyl sites for hydroxylation is 1. The van der Waals surface area contributed by atoms with E-state index in [1.54, 1.807) is 30.3 Å². The van der Waals surface area contributed by atoms with Crippen LogP contribution in [0.2, 0.25) is 0 Å². The summed E-state index contributed by atoms with van der Waals surface area (Å²) in [7, 11) is -4.33. The maximum absolute atomic E-state index is 13.6. The Morgan fingerprint density at radius 3 is 1.85 bits per heavy atom. The van der Waals surface area contributed by atoms with E-state index in [0.29, 0.717) is 16.7 Å². The predicted molar refractivity (Wildman–Crippen MR) is 127 cm³/mol. The van der Waals surface area contributed by atoms with Crippen LogP contribution in [0.15, 0.2) is 52.5 Å². The molecule has 0 aromatic heterocycles. The Bertz CT molecular complexity index is 1050. The molecule has 0 saturated heterocycles. The Balaban J connectivity index is 2.49. The van der Waals surface area contributed by atoms with Crippen molar-refractivity contribution in [2.45, 2.75) is 83.2 Å². The second-order valence-corrected chi connectivity index (χ2v) is 10.7. The Kier molecular flexibility index (Phi) is 8.74. The zero-order chi connectivity index (χ0) is 25.0. The summed E-state index contributed by atoms with van der Waals surface area (Å²) in [5.41, 5.74) is 1.69. The Hall–Kier alpha value is -2.35. The van der Waals surface area contributed by atoms with E-state index in [9.17, 15) is 21.6 Å². The first-order chi connectivity index (χ1) is 15.2. The average molecular weight is 483 g/mol. The molecule has 1 N–H and O–H groups in total. The molecule has 4 nitrogen and oxygen atoms in total. The van der Waals surface area contributed by atoms with Crippen molar-refractivity contribution >= 4 is 15.7 Å². The molecule has 0 saturated carbocycles. The van der Waals surface area contributed by atoms with E-state index < -0.39 is 28.3 Å². The van der Waals surface area contributed by atoms with Crippen LogP contribution in [0, 0.1) is 0 Å². The largest absolute Gasteiger partial charge is 0.431 e. The smallest absolute Gasteiger partial charge is 0.200 e. The van der Waals surface area contributed by atoms with Crippen LogP contribution >= 0.6 is 0 Å². The normalized spacial score (nSPS) is 13.3. The van der Waals surface area contributed by atoms with Gasteiger partial charge < -0.3 is 0 Å². The highest BCUT2D eigenvalue weighted by Gasteiger charge is 2.36. The average Bonchev–Trinajstić information content (AvgIpc) is 2.72. The highest BCUT2D eigenvalue weighted by molar-refractivity contribution is 7.89. The van der Waals surface area contributed by atoms with Crippen molar-refractivity contribution in [1.82, 2.24) is 4.83 Å². The van der Waals surface area contributed by atoms with Gasteiger partial charge in [0.15, 0.2) is 0 Å². The molecule has 0 aliphatic carbocycles. The molecule has 0 heterocycles. The molecule has 0 bridgehead atoms. The number of hydrogen-bond donors (Lipinski definition) is 1. The van der Waals surface area contributed by atoms with Crippen LogP contribution in [0.4, 0.5) is 13.2 Å². The summed E-state index contributed by atoms with van der Waals surface area (Å²) in [6.45, 7) is 11.5. The molecule has 0 radical (unpaired) electrons. The fourth-order valence-electron chi connectivity index (χ4n) is 3.53. The molecule has 0 aliphatic rings. The lowest BCUT2D eigenvalue weighted by atomic mass is 9.89. The molecule has 0 atom stereocenters.